The summed E-state index contributed by atoms with van der Waals surface area (Å²) in [7, 11) is -5.58. The van der Waals surface area contributed by atoms with Crippen molar-refractivity contribution in [1.82, 2.24) is 0 Å². The predicted molar refractivity (Wildman–Crippen MR) is 71.1 cm³/mol. The van der Waals surface area contributed by atoms with Crippen molar-refractivity contribution < 1.29 is 26.0 Å². The zero-order valence-corrected chi connectivity index (χ0v) is 13.1. The van der Waals surface area contributed by atoms with E-state index in [1.165, 1.54) is 0 Å². The van der Waals surface area contributed by atoms with Gasteiger partial charge < -0.3 is 0 Å². The van der Waals surface area contributed by atoms with Gasteiger partial charge in [0.2, 0.25) is 0 Å². The van der Waals surface area contributed by atoms with Crippen LogP contribution in [0.5, 0.6) is 0 Å². The molecule has 0 heterocycles. The van der Waals surface area contributed by atoms with E-state index in [9.17, 15) is 26.0 Å². The smallest absolute Gasteiger partial charge is 0.214 e. The van der Waals surface area contributed by atoms with Gasteiger partial charge in [0.05, 0.1) is 4.90 Å². The molecular weight excluding hydrogens is 364 g/mol. The summed E-state index contributed by atoms with van der Waals surface area (Å²) in [6.07, 6.45) is 0.415. The van der Waals surface area contributed by atoms with Gasteiger partial charge in [-0.05, 0) is 30.0 Å². The first-order chi connectivity index (χ1) is 9.02. The maximum atomic E-state index is 13.2. The van der Waals surface area contributed by atoms with Crippen LogP contribution in [0.15, 0.2) is 23.1 Å². The van der Waals surface area contributed by atoms with Crippen LogP contribution in [0.4, 0.5) is 17.6 Å². The fraction of sp³-hybridized carbons (Fsp3) is 0.500. The first kappa shape index (κ1) is 17.4. The average molecular weight is 377 g/mol. The third-order valence-corrected chi connectivity index (χ3v) is 5.14. The highest BCUT2D eigenvalue weighted by Gasteiger charge is 2.48. The predicted octanol–water partition coefficient (Wildman–Crippen LogP) is 4.40. The minimum absolute atomic E-state index is 0.0319. The lowest BCUT2D eigenvalue weighted by molar-refractivity contribution is -0.0436. The number of sulfone groups is 1. The maximum absolute atomic E-state index is 13.2. The molecule has 0 aromatic heterocycles. The summed E-state index contributed by atoms with van der Waals surface area (Å²) >= 11 is 3.24. The van der Waals surface area contributed by atoms with E-state index < -0.39 is 32.0 Å². The second-order valence-electron chi connectivity index (χ2n) is 4.32. The Morgan fingerprint density at radius 1 is 1.30 bits per heavy atom. The van der Waals surface area contributed by atoms with Crippen molar-refractivity contribution in [1.29, 1.82) is 0 Å². The quantitative estimate of drug-likeness (QED) is 0.576. The van der Waals surface area contributed by atoms with Gasteiger partial charge in [-0.3, -0.25) is 0 Å². The topological polar surface area (TPSA) is 34.1 Å². The van der Waals surface area contributed by atoms with Crippen LogP contribution in [-0.2, 0) is 9.84 Å². The normalized spacial score (nSPS) is 15.9. The third kappa shape index (κ3) is 3.33. The Kier molecular flexibility index (Phi) is 5.23. The molecule has 0 radical (unpaired) electrons. The number of halogens is 5. The van der Waals surface area contributed by atoms with Crippen molar-refractivity contribution >= 4 is 25.8 Å². The Morgan fingerprint density at radius 2 is 1.85 bits per heavy atom. The molecule has 0 aliphatic carbocycles. The van der Waals surface area contributed by atoms with E-state index >= 15 is 0 Å². The van der Waals surface area contributed by atoms with Crippen LogP contribution in [0.25, 0.3) is 0 Å². The Hall–Kier alpha value is -0.630. The lowest BCUT2D eigenvalue weighted by atomic mass is 9.94. The summed E-state index contributed by atoms with van der Waals surface area (Å²) < 4.78 is 74.3. The second kappa shape index (κ2) is 6.01. The summed E-state index contributed by atoms with van der Waals surface area (Å²) in [5.41, 5.74) is -5.49. The zero-order valence-electron chi connectivity index (χ0n) is 10.7. The highest BCUT2D eigenvalue weighted by Crippen LogP contribution is 2.38. The van der Waals surface area contributed by atoms with Gasteiger partial charge in [-0.25, -0.2) is 12.8 Å². The molecular formula is C12H13BrF4O2S. The molecule has 0 spiro atoms. The van der Waals surface area contributed by atoms with E-state index in [-0.39, 0.29) is 10.4 Å². The first-order valence-corrected chi connectivity index (χ1v) is 8.17. The highest BCUT2D eigenvalue weighted by atomic mass is 79.9. The Bertz CT molecular complexity index is 582. The maximum Gasteiger partial charge on any atom is 0.501 e. The average Bonchev–Trinajstić information content (AvgIpc) is 2.29. The molecule has 2 atom stereocenters. The van der Waals surface area contributed by atoms with Gasteiger partial charge in [0, 0.05) is 4.83 Å². The van der Waals surface area contributed by atoms with Crippen LogP contribution in [0, 0.1) is 5.82 Å². The molecule has 20 heavy (non-hydrogen) atoms. The zero-order chi connectivity index (χ0) is 15.7. The van der Waals surface area contributed by atoms with Gasteiger partial charge in [0.1, 0.15) is 5.82 Å². The van der Waals surface area contributed by atoms with Gasteiger partial charge in [0.25, 0.3) is 9.84 Å². The molecule has 0 aliphatic heterocycles. The van der Waals surface area contributed by atoms with Crippen LogP contribution in [0.3, 0.4) is 0 Å². The largest absolute Gasteiger partial charge is 0.501 e. The molecule has 0 N–H and O–H groups in total. The van der Waals surface area contributed by atoms with Crippen molar-refractivity contribution in [3.05, 3.63) is 29.6 Å². The van der Waals surface area contributed by atoms with E-state index in [0.717, 1.165) is 12.1 Å². The number of hydrogen-bond donors (Lipinski definition) is 0. The van der Waals surface area contributed by atoms with Gasteiger partial charge in [-0.2, -0.15) is 13.2 Å². The minimum atomic E-state index is -5.58. The molecule has 0 fully saturated rings. The van der Waals surface area contributed by atoms with E-state index in [1.54, 1.807) is 13.8 Å². The molecule has 2 unspecified atom stereocenters. The lowest BCUT2D eigenvalue weighted by Crippen LogP contribution is -2.26. The van der Waals surface area contributed by atoms with Gasteiger partial charge in [-0.1, -0.05) is 35.8 Å². The van der Waals surface area contributed by atoms with E-state index in [4.69, 9.17) is 0 Å². The van der Waals surface area contributed by atoms with Crippen LogP contribution in [-0.4, -0.2) is 18.8 Å². The lowest BCUT2D eigenvalue weighted by Gasteiger charge is -2.22. The number of alkyl halides is 4. The molecule has 8 heteroatoms. The Morgan fingerprint density at radius 3 is 2.25 bits per heavy atom. The highest BCUT2D eigenvalue weighted by molar-refractivity contribution is 9.09. The summed E-state index contributed by atoms with van der Waals surface area (Å²) in [5.74, 6) is -1.49. The van der Waals surface area contributed by atoms with Crippen molar-refractivity contribution in [2.45, 2.75) is 41.4 Å². The fourth-order valence-electron chi connectivity index (χ4n) is 1.96. The third-order valence-electron chi connectivity index (χ3n) is 2.96. The molecule has 1 rings (SSSR count). The molecule has 2 nitrogen and oxygen atoms in total. The van der Waals surface area contributed by atoms with Crippen LogP contribution in [0.1, 0.15) is 31.7 Å². The Balaban J connectivity index is 3.58. The summed E-state index contributed by atoms with van der Waals surface area (Å²) in [6, 6.07) is 2.48. The van der Waals surface area contributed by atoms with E-state index in [1.807, 2.05) is 0 Å². The van der Waals surface area contributed by atoms with Crippen molar-refractivity contribution in [3.8, 4) is 0 Å². The molecule has 1 aromatic rings. The minimum Gasteiger partial charge on any atom is -0.214 e. The van der Waals surface area contributed by atoms with Gasteiger partial charge >= 0.3 is 5.51 Å². The number of hydrogen-bond acceptors (Lipinski definition) is 2. The van der Waals surface area contributed by atoms with Crippen LogP contribution >= 0.6 is 15.9 Å². The fourth-order valence-corrected chi connectivity index (χ4v) is 3.67. The van der Waals surface area contributed by atoms with Crippen LogP contribution in [0.2, 0.25) is 0 Å². The molecule has 0 bridgehead atoms. The summed E-state index contributed by atoms with van der Waals surface area (Å²) in [4.78, 5) is -1.26. The molecule has 1 aromatic carbocycles. The molecule has 0 amide bonds. The molecule has 114 valence electrons. The van der Waals surface area contributed by atoms with Gasteiger partial charge in [0.15, 0.2) is 0 Å². The molecule has 0 aliphatic rings. The molecule has 0 saturated heterocycles. The van der Waals surface area contributed by atoms with E-state index in [0.29, 0.717) is 12.5 Å². The SMILES string of the molecule is CCC(c1ccc(F)cc1S(=O)(=O)C(F)(F)F)C(C)Br. The summed E-state index contributed by atoms with van der Waals surface area (Å²) in [6.45, 7) is 3.41. The number of benzene rings is 1. The molecule has 0 saturated carbocycles. The Labute approximate surface area is 123 Å². The second-order valence-corrected chi connectivity index (χ2v) is 7.68. The standard InChI is InChI=1S/C12H13BrF4O2S/c1-3-9(7(2)13)10-5-4-8(14)6-11(10)20(18,19)12(15,16)17/h4-7,9H,3H2,1-2H3. The van der Waals surface area contributed by atoms with Crippen LogP contribution < -0.4 is 0 Å². The first-order valence-electron chi connectivity index (χ1n) is 5.77. The van der Waals surface area contributed by atoms with Gasteiger partial charge in [-0.15, -0.1) is 0 Å². The monoisotopic (exact) mass is 376 g/mol. The van der Waals surface area contributed by atoms with Crippen molar-refractivity contribution in [3.63, 3.8) is 0 Å². The van der Waals surface area contributed by atoms with Crippen molar-refractivity contribution in [2.75, 3.05) is 0 Å². The van der Waals surface area contributed by atoms with Crippen molar-refractivity contribution in [2.24, 2.45) is 0 Å². The summed E-state index contributed by atoms with van der Waals surface area (Å²) in [5, 5.41) is 0. The van der Waals surface area contributed by atoms with E-state index in [2.05, 4.69) is 15.9 Å². The number of rotatable bonds is 4.